The molecule has 2 unspecified atom stereocenters. The fraction of sp³-hybridized carbons (Fsp3) is 0.400. The molecule has 1 aromatic carbocycles. The number of benzene rings is 1. The van der Waals surface area contributed by atoms with Crippen molar-refractivity contribution in [3.05, 3.63) is 62.7 Å². The minimum Gasteiger partial charge on any atom is -0.457 e. The van der Waals surface area contributed by atoms with Gasteiger partial charge in [-0.05, 0) is 66.8 Å². The third kappa shape index (κ3) is 3.68. The summed E-state index contributed by atoms with van der Waals surface area (Å²) >= 11 is 8.01. The third-order valence-electron chi connectivity index (χ3n) is 6.64. The van der Waals surface area contributed by atoms with E-state index in [0.717, 1.165) is 46.7 Å². The van der Waals surface area contributed by atoms with Crippen LogP contribution < -0.4 is 10.6 Å². The average molecular weight is 455 g/mol. The Morgan fingerprint density at radius 2 is 1.97 bits per heavy atom. The lowest BCUT2D eigenvalue weighted by molar-refractivity contribution is 0.0930. The number of amides is 1. The number of aryl methyl sites for hydroxylation is 1. The maximum Gasteiger partial charge on any atom is 0.256 e. The maximum atomic E-state index is 13.0. The minimum absolute atomic E-state index is 0.0122. The van der Waals surface area contributed by atoms with E-state index in [1.54, 1.807) is 11.3 Å². The van der Waals surface area contributed by atoms with Crippen LogP contribution in [0.2, 0.25) is 5.02 Å². The summed E-state index contributed by atoms with van der Waals surface area (Å²) in [6.45, 7) is 8.91. The summed E-state index contributed by atoms with van der Waals surface area (Å²) in [6, 6.07) is 9.72. The lowest BCUT2D eigenvalue weighted by Crippen LogP contribution is -2.38. The molecule has 3 heterocycles. The summed E-state index contributed by atoms with van der Waals surface area (Å²) in [6.07, 6.45) is 2.78. The fourth-order valence-electron chi connectivity index (χ4n) is 4.59. The van der Waals surface area contributed by atoms with Gasteiger partial charge >= 0.3 is 0 Å². The van der Waals surface area contributed by atoms with Crippen LogP contribution >= 0.6 is 22.9 Å². The molecule has 162 valence electrons. The molecule has 2 atom stereocenters. The summed E-state index contributed by atoms with van der Waals surface area (Å²) in [5.74, 6) is 2.05. The topological polar surface area (TPSA) is 54.3 Å². The monoisotopic (exact) mass is 454 g/mol. The van der Waals surface area contributed by atoms with Crippen molar-refractivity contribution < 1.29 is 9.21 Å². The van der Waals surface area contributed by atoms with E-state index in [1.165, 1.54) is 10.4 Å². The zero-order chi connectivity index (χ0) is 21.9. The number of halogens is 1. The summed E-state index contributed by atoms with van der Waals surface area (Å²) in [7, 11) is 0. The Balaban J connectivity index is 1.41. The molecule has 6 heteroatoms. The Morgan fingerprint density at radius 1 is 1.16 bits per heavy atom. The molecule has 31 heavy (non-hydrogen) atoms. The van der Waals surface area contributed by atoms with Crippen molar-refractivity contribution in [3.63, 3.8) is 0 Å². The van der Waals surface area contributed by atoms with Crippen LogP contribution in [-0.4, -0.2) is 5.91 Å². The number of furan rings is 1. The zero-order valence-electron chi connectivity index (χ0n) is 18.3. The number of rotatable bonds is 2. The van der Waals surface area contributed by atoms with Crippen molar-refractivity contribution in [3.8, 4) is 11.3 Å². The van der Waals surface area contributed by atoms with Crippen LogP contribution in [0.4, 0.5) is 5.00 Å². The van der Waals surface area contributed by atoms with Crippen LogP contribution in [0.15, 0.2) is 34.7 Å². The van der Waals surface area contributed by atoms with Crippen molar-refractivity contribution >= 4 is 33.8 Å². The molecule has 1 aliphatic carbocycles. The first-order chi connectivity index (χ1) is 14.7. The van der Waals surface area contributed by atoms with Gasteiger partial charge in [-0.3, -0.25) is 4.79 Å². The second kappa shape index (κ2) is 7.42. The van der Waals surface area contributed by atoms with E-state index in [9.17, 15) is 4.79 Å². The molecule has 0 saturated carbocycles. The van der Waals surface area contributed by atoms with Gasteiger partial charge < -0.3 is 15.1 Å². The largest absolute Gasteiger partial charge is 0.457 e. The van der Waals surface area contributed by atoms with Crippen molar-refractivity contribution in [1.82, 2.24) is 5.32 Å². The van der Waals surface area contributed by atoms with Crippen molar-refractivity contribution in [1.29, 1.82) is 0 Å². The first-order valence-electron chi connectivity index (χ1n) is 10.8. The van der Waals surface area contributed by atoms with Crippen LogP contribution in [0, 0.1) is 18.3 Å². The molecule has 0 spiro atoms. The van der Waals surface area contributed by atoms with Gasteiger partial charge in [-0.15, -0.1) is 11.3 Å². The predicted octanol–water partition coefficient (Wildman–Crippen LogP) is 6.98. The van der Waals surface area contributed by atoms with Crippen LogP contribution in [0.25, 0.3) is 11.3 Å². The smallest absolute Gasteiger partial charge is 0.256 e. The first kappa shape index (κ1) is 20.7. The molecule has 2 aromatic heterocycles. The average Bonchev–Trinajstić information content (AvgIpc) is 3.33. The molecule has 1 aliphatic heterocycles. The second-order valence-electron chi connectivity index (χ2n) is 9.73. The number of hydrogen-bond acceptors (Lipinski definition) is 4. The van der Waals surface area contributed by atoms with Crippen LogP contribution in [0.3, 0.4) is 0 Å². The molecule has 0 fully saturated rings. The first-order valence-corrected chi connectivity index (χ1v) is 12.0. The number of hydrogen-bond donors (Lipinski definition) is 2. The summed E-state index contributed by atoms with van der Waals surface area (Å²) in [4.78, 5) is 14.4. The number of thiophene rings is 1. The van der Waals surface area contributed by atoms with E-state index in [0.29, 0.717) is 16.7 Å². The quantitative estimate of drug-likeness (QED) is 0.439. The molecular weight excluding hydrogens is 428 g/mol. The highest BCUT2D eigenvalue weighted by atomic mass is 35.5. The van der Waals surface area contributed by atoms with E-state index in [-0.39, 0.29) is 17.5 Å². The third-order valence-corrected chi connectivity index (χ3v) is 8.23. The van der Waals surface area contributed by atoms with Crippen molar-refractivity contribution in [2.24, 2.45) is 11.3 Å². The standard InChI is InChI=1S/C25H27ClN2O2S/c1-13-5-6-14(11-17(13)26)18-9-10-19(30-18)22-27-23(29)21-16-8-7-15(25(2,3)4)12-20(16)31-24(21)28-22/h5-6,9-11,15,22,28H,7-8,12H2,1-4H3,(H,27,29). The highest BCUT2D eigenvalue weighted by molar-refractivity contribution is 7.16. The molecule has 2 N–H and O–H groups in total. The van der Waals surface area contributed by atoms with Crippen LogP contribution in [0.5, 0.6) is 0 Å². The van der Waals surface area contributed by atoms with Gasteiger partial charge in [0.05, 0.1) is 5.56 Å². The van der Waals surface area contributed by atoms with E-state index in [4.69, 9.17) is 16.0 Å². The van der Waals surface area contributed by atoms with Gasteiger partial charge in [0.15, 0.2) is 6.17 Å². The van der Waals surface area contributed by atoms with Gasteiger partial charge in [-0.1, -0.05) is 44.5 Å². The number of carbonyl (C=O) groups is 1. The Morgan fingerprint density at radius 3 is 2.71 bits per heavy atom. The van der Waals surface area contributed by atoms with E-state index in [1.807, 2.05) is 37.3 Å². The molecule has 0 radical (unpaired) electrons. The van der Waals surface area contributed by atoms with Gasteiger partial charge in [-0.25, -0.2) is 0 Å². The highest BCUT2D eigenvalue weighted by Gasteiger charge is 2.37. The number of anilines is 1. The van der Waals surface area contributed by atoms with Gasteiger partial charge in [0.2, 0.25) is 0 Å². The van der Waals surface area contributed by atoms with Gasteiger partial charge in [0.1, 0.15) is 16.5 Å². The summed E-state index contributed by atoms with van der Waals surface area (Å²) in [5, 5.41) is 8.27. The molecule has 4 nitrogen and oxygen atoms in total. The lowest BCUT2D eigenvalue weighted by Gasteiger charge is -2.34. The zero-order valence-corrected chi connectivity index (χ0v) is 19.8. The Labute approximate surface area is 192 Å². The van der Waals surface area contributed by atoms with E-state index in [2.05, 4.69) is 31.4 Å². The summed E-state index contributed by atoms with van der Waals surface area (Å²) in [5.41, 5.74) is 4.30. The molecule has 0 saturated heterocycles. The highest BCUT2D eigenvalue weighted by Crippen LogP contribution is 2.46. The fourth-order valence-corrected chi connectivity index (χ4v) is 6.12. The Hall–Kier alpha value is -2.24. The van der Waals surface area contributed by atoms with Crippen LogP contribution in [-0.2, 0) is 12.8 Å². The van der Waals surface area contributed by atoms with Crippen molar-refractivity contribution in [2.45, 2.75) is 53.1 Å². The number of carbonyl (C=O) groups excluding carboxylic acids is 1. The van der Waals surface area contributed by atoms with Gasteiger partial charge in [0.25, 0.3) is 5.91 Å². The number of nitrogens with one attached hydrogen (secondary N) is 2. The Bertz CT molecular complexity index is 1170. The van der Waals surface area contributed by atoms with E-state index >= 15 is 0 Å². The minimum atomic E-state index is -0.381. The molecule has 3 aromatic rings. The lowest BCUT2D eigenvalue weighted by atomic mass is 9.72. The second-order valence-corrected chi connectivity index (χ2v) is 11.2. The van der Waals surface area contributed by atoms with Gasteiger partial charge in [0, 0.05) is 15.5 Å². The normalized spacial score (nSPS) is 20.6. The maximum absolute atomic E-state index is 13.0. The molecule has 1 amide bonds. The molecule has 5 rings (SSSR count). The van der Waals surface area contributed by atoms with E-state index < -0.39 is 0 Å². The van der Waals surface area contributed by atoms with Crippen LogP contribution in [0.1, 0.15) is 65.5 Å². The Kier molecular flexibility index (Phi) is 4.94. The number of fused-ring (bicyclic) bond motifs is 3. The molecule has 0 bridgehead atoms. The van der Waals surface area contributed by atoms with Gasteiger partial charge in [-0.2, -0.15) is 0 Å². The predicted molar refractivity (Wildman–Crippen MR) is 127 cm³/mol. The van der Waals surface area contributed by atoms with Crippen molar-refractivity contribution in [2.75, 3.05) is 5.32 Å². The summed E-state index contributed by atoms with van der Waals surface area (Å²) < 4.78 is 6.10. The molecule has 2 aliphatic rings. The molecular formula is C25H27ClN2O2S. The SMILES string of the molecule is Cc1ccc(-c2ccc(C3NC(=O)c4c(sc5c4CCC(C(C)(C)C)C5)N3)o2)cc1Cl.